The van der Waals surface area contributed by atoms with Gasteiger partial charge in [-0.15, -0.1) is 24.0 Å². The SMILES string of the molecule is CCCCNC(=NC)Nc1cccc(OCCCOC)c1.I. The molecular weight excluding hydrogens is 393 g/mol. The summed E-state index contributed by atoms with van der Waals surface area (Å²) in [5.74, 6) is 1.63. The minimum Gasteiger partial charge on any atom is -0.493 e. The lowest BCUT2D eigenvalue weighted by Gasteiger charge is -2.13. The number of methoxy groups -OCH3 is 1. The molecule has 0 saturated carbocycles. The van der Waals surface area contributed by atoms with Crippen LogP contribution in [-0.2, 0) is 4.74 Å². The van der Waals surface area contributed by atoms with Crippen molar-refractivity contribution in [2.75, 3.05) is 39.2 Å². The van der Waals surface area contributed by atoms with Crippen LogP contribution in [0.25, 0.3) is 0 Å². The highest BCUT2D eigenvalue weighted by atomic mass is 127. The van der Waals surface area contributed by atoms with E-state index in [2.05, 4.69) is 22.5 Å². The first-order chi connectivity index (χ1) is 10.3. The molecule has 0 unspecified atom stereocenters. The van der Waals surface area contributed by atoms with Gasteiger partial charge < -0.3 is 20.1 Å². The molecule has 5 nitrogen and oxygen atoms in total. The van der Waals surface area contributed by atoms with Crippen LogP contribution in [0, 0.1) is 0 Å². The fourth-order valence-corrected chi connectivity index (χ4v) is 1.76. The van der Waals surface area contributed by atoms with Crippen LogP contribution in [0.5, 0.6) is 5.75 Å². The van der Waals surface area contributed by atoms with Crippen LogP contribution >= 0.6 is 24.0 Å². The van der Waals surface area contributed by atoms with Crippen molar-refractivity contribution in [1.82, 2.24) is 5.32 Å². The number of aliphatic imine (C=N–C) groups is 1. The number of hydrogen-bond donors (Lipinski definition) is 2. The highest BCUT2D eigenvalue weighted by molar-refractivity contribution is 14.0. The first-order valence-electron chi connectivity index (χ1n) is 7.49. The minimum atomic E-state index is 0. The number of hydrogen-bond acceptors (Lipinski definition) is 3. The summed E-state index contributed by atoms with van der Waals surface area (Å²) in [4.78, 5) is 4.21. The van der Waals surface area contributed by atoms with E-state index in [1.54, 1.807) is 14.2 Å². The van der Waals surface area contributed by atoms with Gasteiger partial charge in [-0.25, -0.2) is 0 Å². The molecule has 0 atom stereocenters. The van der Waals surface area contributed by atoms with E-state index in [1.165, 1.54) is 0 Å². The number of guanidine groups is 1. The Hall–Kier alpha value is -1.02. The number of nitrogens with one attached hydrogen (secondary N) is 2. The zero-order chi connectivity index (χ0) is 15.3. The molecule has 22 heavy (non-hydrogen) atoms. The zero-order valence-corrected chi connectivity index (χ0v) is 16.1. The molecule has 0 heterocycles. The van der Waals surface area contributed by atoms with Gasteiger partial charge >= 0.3 is 0 Å². The third-order valence-electron chi connectivity index (χ3n) is 2.90. The van der Waals surface area contributed by atoms with E-state index in [0.29, 0.717) is 13.2 Å². The average Bonchev–Trinajstić information content (AvgIpc) is 2.51. The summed E-state index contributed by atoms with van der Waals surface area (Å²) in [6.07, 6.45) is 3.17. The molecule has 0 aliphatic carbocycles. The number of unbranched alkanes of at least 4 members (excludes halogenated alkanes) is 1. The van der Waals surface area contributed by atoms with Gasteiger partial charge in [0.2, 0.25) is 0 Å². The zero-order valence-electron chi connectivity index (χ0n) is 13.7. The van der Waals surface area contributed by atoms with E-state index in [0.717, 1.165) is 43.2 Å². The van der Waals surface area contributed by atoms with Crippen molar-refractivity contribution >= 4 is 35.6 Å². The van der Waals surface area contributed by atoms with E-state index in [9.17, 15) is 0 Å². The summed E-state index contributed by atoms with van der Waals surface area (Å²) in [6.45, 7) is 4.46. The molecule has 0 fully saturated rings. The summed E-state index contributed by atoms with van der Waals surface area (Å²) >= 11 is 0. The molecule has 0 amide bonds. The molecule has 6 heteroatoms. The Labute approximate surface area is 150 Å². The van der Waals surface area contributed by atoms with E-state index in [-0.39, 0.29) is 24.0 Å². The van der Waals surface area contributed by atoms with Crippen LogP contribution in [0.3, 0.4) is 0 Å². The second kappa shape index (κ2) is 13.6. The highest BCUT2D eigenvalue weighted by Crippen LogP contribution is 2.17. The average molecular weight is 421 g/mol. The second-order valence-corrected chi connectivity index (χ2v) is 4.70. The Bertz CT molecular complexity index is 428. The molecule has 0 spiro atoms. The van der Waals surface area contributed by atoms with Gasteiger partial charge in [0.25, 0.3) is 0 Å². The first kappa shape index (κ1) is 21.0. The highest BCUT2D eigenvalue weighted by Gasteiger charge is 2.00. The number of rotatable bonds is 9. The van der Waals surface area contributed by atoms with Gasteiger partial charge in [0, 0.05) is 45.5 Å². The Morgan fingerprint density at radius 3 is 2.73 bits per heavy atom. The maximum absolute atomic E-state index is 5.68. The normalized spacial score (nSPS) is 10.8. The molecule has 0 aliphatic rings. The van der Waals surface area contributed by atoms with Gasteiger partial charge in [0.1, 0.15) is 5.75 Å². The van der Waals surface area contributed by atoms with Crippen LogP contribution in [0.2, 0.25) is 0 Å². The van der Waals surface area contributed by atoms with Crippen molar-refractivity contribution in [3.63, 3.8) is 0 Å². The van der Waals surface area contributed by atoms with E-state index in [1.807, 2.05) is 24.3 Å². The Kier molecular flexibility index (Phi) is 13.0. The molecule has 1 aromatic rings. The maximum Gasteiger partial charge on any atom is 0.195 e. The minimum absolute atomic E-state index is 0. The molecule has 0 saturated heterocycles. The number of ether oxygens (including phenoxy) is 2. The maximum atomic E-state index is 5.68. The molecule has 2 N–H and O–H groups in total. The molecule has 1 aromatic carbocycles. The molecule has 126 valence electrons. The van der Waals surface area contributed by atoms with Crippen molar-refractivity contribution in [3.8, 4) is 5.75 Å². The summed E-state index contributed by atoms with van der Waals surface area (Å²) in [5, 5.41) is 6.54. The fourth-order valence-electron chi connectivity index (χ4n) is 1.76. The monoisotopic (exact) mass is 421 g/mol. The number of anilines is 1. The van der Waals surface area contributed by atoms with Crippen molar-refractivity contribution in [1.29, 1.82) is 0 Å². The lowest BCUT2D eigenvalue weighted by Crippen LogP contribution is -2.31. The predicted octanol–water partition coefficient (Wildman–Crippen LogP) is 3.51. The summed E-state index contributed by atoms with van der Waals surface area (Å²) in [7, 11) is 3.47. The van der Waals surface area contributed by atoms with Crippen molar-refractivity contribution in [3.05, 3.63) is 24.3 Å². The summed E-state index contributed by atoms with van der Waals surface area (Å²) < 4.78 is 10.7. The molecule has 0 aliphatic heterocycles. The van der Waals surface area contributed by atoms with E-state index in [4.69, 9.17) is 9.47 Å². The number of benzene rings is 1. The van der Waals surface area contributed by atoms with Gasteiger partial charge in [0.15, 0.2) is 5.96 Å². The van der Waals surface area contributed by atoms with Crippen LogP contribution in [0.4, 0.5) is 5.69 Å². The topological polar surface area (TPSA) is 54.9 Å². The van der Waals surface area contributed by atoms with Gasteiger partial charge in [-0.05, 0) is 18.6 Å². The van der Waals surface area contributed by atoms with E-state index < -0.39 is 0 Å². The summed E-state index contributed by atoms with van der Waals surface area (Å²) in [5.41, 5.74) is 0.962. The number of halogens is 1. The Morgan fingerprint density at radius 1 is 1.23 bits per heavy atom. The quantitative estimate of drug-likeness (QED) is 0.277. The fraction of sp³-hybridized carbons (Fsp3) is 0.562. The van der Waals surface area contributed by atoms with Crippen molar-refractivity contribution in [2.45, 2.75) is 26.2 Å². The summed E-state index contributed by atoms with van der Waals surface area (Å²) in [6, 6.07) is 7.88. The Morgan fingerprint density at radius 2 is 2.05 bits per heavy atom. The van der Waals surface area contributed by atoms with Crippen LogP contribution in [0.1, 0.15) is 26.2 Å². The second-order valence-electron chi connectivity index (χ2n) is 4.70. The molecule has 0 aromatic heterocycles. The van der Waals surface area contributed by atoms with Gasteiger partial charge in [-0.3, -0.25) is 4.99 Å². The standard InChI is InChI=1S/C16H27N3O2.HI/c1-4-5-10-18-16(17-2)19-14-8-6-9-15(13-14)21-12-7-11-20-3;/h6,8-9,13H,4-5,7,10-12H2,1-3H3,(H2,17,18,19);1H. The lowest BCUT2D eigenvalue weighted by molar-refractivity contribution is 0.172. The van der Waals surface area contributed by atoms with Gasteiger partial charge in [-0.2, -0.15) is 0 Å². The van der Waals surface area contributed by atoms with Gasteiger partial charge in [-0.1, -0.05) is 19.4 Å². The third-order valence-corrected chi connectivity index (χ3v) is 2.90. The van der Waals surface area contributed by atoms with Crippen molar-refractivity contribution in [2.24, 2.45) is 4.99 Å². The molecule has 1 rings (SSSR count). The molecule has 0 radical (unpaired) electrons. The predicted molar refractivity (Wildman–Crippen MR) is 104 cm³/mol. The number of nitrogens with zero attached hydrogens (tertiary/aromatic N) is 1. The van der Waals surface area contributed by atoms with Crippen molar-refractivity contribution < 1.29 is 9.47 Å². The first-order valence-corrected chi connectivity index (χ1v) is 7.49. The molecule has 0 bridgehead atoms. The smallest absolute Gasteiger partial charge is 0.195 e. The third kappa shape index (κ3) is 9.09. The Balaban J connectivity index is 0.00000441. The van der Waals surface area contributed by atoms with E-state index >= 15 is 0 Å². The van der Waals surface area contributed by atoms with Crippen LogP contribution in [-0.4, -0.2) is 39.9 Å². The van der Waals surface area contributed by atoms with Crippen LogP contribution in [0.15, 0.2) is 29.3 Å². The largest absolute Gasteiger partial charge is 0.493 e. The van der Waals surface area contributed by atoms with Gasteiger partial charge in [0.05, 0.1) is 6.61 Å². The van der Waals surface area contributed by atoms with Crippen LogP contribution < -0.4 is 15.4 Å². The molecular formula is C16H28IN3O2. The lowest BCUT2D eigenvalue weighted by atomic mass is 10.3.